The van der Waals surface area contributed by atoms with Crippen LogP contribution in [0.4, 0.5) is 14.9 Å². The number of halogens is 1. The fourth-order valence-electron chi connectivity index (χ4n) is 2.73. The molecular weight excluding hydrogens is 361 g/mol. The van der Waals surface area contributed by atoms with Gasteiger partial charge in [-0.2, -0.15) is 0 Å². The van der Waals surface area contributed by atoms with Crippen LogP contribution in [-0.4, -0.2) is 43.9 Å². The molecule has 1 saturated heterocycles. The van der Waals surface area contributed by atoms with Crippen LogP contribution in [0.25, 0.3) is 0 Å². The number of hydrogen-bond acceptors (Lipinski definition) is 4. The Bertz CT molecular complexity index is 752. The number of amides is 3. The summed E-state index contributed by atoms with van der Waals surface area (Å²) >= 11 is 0. The van der Waals surface area contributed by atoms with Crippen molar-refractivity contribution in [3.63, 3.8) is 0 Å². The highest BCUT2D eigenvalue weighted by Crippen LogP contribution is 2.14. The molecule has 1 heterocycles. The zero-order chi connectivity index (χ0) is 19.3. The molecule has 144 valence electrons. The van der Waals surface area contributed by atoms with E-state index >= 15 is 0 Å². The highest BCUT2D eigenvalue weighted by atomic mass is 32.2. The quantitative estimate of drug-likeness (QED) is 0.693. The number of carbonyl (C=O) groups is 2. The van der Waals surface area contributed by atoms with Gasteiger partial charge in [0.15, 0.2) is 9.84 Å². The maximum atomic E-state index is 13.0. The molecule has 3 N–H and O–H groups in total. The number of carbonyl (C=O) groups excluding carboxylic acids is 2. The maximum Gasteiger partial charge on any atom is 0.315 e. The van der Waals surface area contributed by atoms with Gasteiger partial charge < -0.3 is 16.0 Å². The summed E-state index contributed by atoms with van der Waals surface area (Å²) in [4.78, 5) is 24.7. The van der Waals surface area contributed by atoms with E-state index in [9.17, 15) is 22.4 Å². The van der Waals surface area contributed by atoms with Gasteiger partial charge in [-0.1, -0.05) is 20.3 Å². The lowest BCUT2D eigenvalue weighted by molar-refractivity contribution is -0.119. The van der Waals surface area contributed by atoms with E-state index in [0.717, 1.165) is 0 Å². The number of nitrogens with one attached hydrogen (secondary N) is 3. The average Bonchev–Trinajstić information content (AvgIpc) is 2.92. The van der Waals surface area contributed by atoms with E-state index in [4.69, 9.17) is 0 Å². The predicted octanol–water partition coefficient (Wildman–Crippen LogP) is 1.67. The van der Waals surface area contributed by atoms with Crippen LogP contribution >= 0.6 is 0 Å². The molecule has 1 aromatic carbocycles. The van der Waals surface area contributed by atoms with Crippen molar-refractivity contribution in [2.24, 2.45) is 5.92 Å². The number of sulfone groups is 1. The van der Waals surface area contributed by atoms with Crippen molar-refractivity contribution < 1.29 is 22.4 Å². The van der Waals surface area contributed by atoms with Crippen molar-refractivity contribution in [3.8, 4) is 0 Å². The van der Waals surface area contributed by atoms with Crippen molar-refractivity contribution in [2.45, 2.75) is 38.8 Å². The molecule has 0 radical (unpaired) electrons. The monoisotopic (exact) mass is 385 g/mol. The molecule has 9 heteroatoms. The minimum absolute atomic E-state index is 0.0534. The third-order valence-corrected chi connectivity index (χ3v) is 6.23. The summed E-state index contributed by atoms with van der Waals surface area (Å²) in [6.45, 7) is 3.72. The number of rotatable bonds is 6. The van der Waals surface area contributed by atoms with Crippen LogP contribution in [0.3, 0.4) is 0 Å². The minimum Gasteiger partial charge on any atom is -0.334 e. The molecule has 26 heavy (non-hydrogen) atoms. The van der Waals surface area contributed by atoms with Crippen LogP contribution in [-0.2, 0) is 14.6 Å². The summed E-state index contributed by atoms with van der Waals surface area (Å²) in [6.07, 6.45) is 1.02. The van der Waals surface area contributed by atoms with E-state index in [2.05, 4.69) is 16.0 Å². The SMILES string of the molecule is CCC(C)C(NC(=O)NC1CCS(=O)(=O)C1)C(=O)Nc1ccc(F)cc1. The van der Waals surface area contributed by atoms with Crippen molar-refractivity contribution in [3.05, 3.63) is 30.1 Å². The lowest BCUT2D eigenvalue weighted by Gasteiger charge is -2.24. The third kappa shape index (κ3) is 5.69. The van der Waals surface area contributed by atoms with Crippen LogP contribution in [0.5, 0.6) is 0 Å². The highest BCUT2D eigenvalue weighted by molar-refractivity contribution is 7.91. The third-order valence-electron chi connectivity index (χ3n) is 4.46. The molecule has 0 aromatic heterocycles. The Morgan fingerprint density at radius 1 is 1.27 bits per heavy atom. The van der Waals surface area contributed by atoms with Gasteiger partial charge in [-0.3, -0.25) is 4.79 Å². The Kier molecular flexibility index (Phi) is 6.57. The van der Waals surface area contributed by atoms with Gasteiger partial charge in [0, 0.05) is 11.7 Å². The van der Waals surface area contributed by atoms with Crippen molar-refractivity contribution >= 4 is 27.5 Å². The van der Waals surface area contributed by atoms with Gasteiger partial charge in [0.05, 0.1) is 11.5 Å². The largest absolute Gasteiger partial charge is 0.334 e. The van der Waals surface area contributed by atoms with Crippen molar-refractivity contribution in [2.75, 3.05) is 16.8 Å². The van der Waals surface area contributed by atoms with E-state index in [1.807, 2.05) is 13.8 Å². The average molecular weight is 385 g/mol. The molecule has 1 aromatic rings. The summed E-state index contributed by atoms with van der Waals surface area (Å²) in [6, 6.07) is 3.50. The fourth-order valence-corrected chi connectivity index (χ4v) is 4.41. The Morgan fingerprint density at radius 2 is 1.92 bits per heavy atom. The van der Waals surface area contributed by atoms with Gasteiger partial charge >= 0.3 is 6.03 Å². The normalized spacial score (nSPS) is 20.8. The first-order chi connectivity index (χ1) is 12.2. The van der Waals surface area contributed by atoms with E-state index in [0.29, 0.717) is 18.5 Å². The zero-order valence-electron chi connectivity index (χ0n) is 14.8. The lowest BCUT2D eigenvalue weighted by Crippen LogP contribution is -2.53. The molecule has 2 rings (SSSR count). The molecule has 3 unspecified atom stereocenters. The van der Waals surface area contributed by atoms with Gasteiger partial charge in [0.25, 0.3) is 0 Å². The number of hydrogen-bond donors (Lipinski definition) is 3. The number of benzene rings is 1. The van der Waals surface area contributed by atoms with E-state index < -0.39 is 39.7 Å². The Morgan fingerprint density at radius 3 is 2.46 bits per heavy atom. The van der Waals surface area contributed by atoms with Crippen molar-refractivity contribution in [1.82, 2.24) is 10.6 Å². The number of anilines is 1. The summed E-state index contributed by atoms with van der Waals surface area (Å²) in [5.41, 5.74) is 0.425. The first kappa shape index (κ1) is 20.2. The van der Waals surface area contributed by atoms with Gasteiger partial charge in [-0.15, -0.1) is 0 Å². The Labute approximate surface area is 152 Å². The molecule has 0 bridgehead atoms. The van der Waals surface area contributed by atoms with Gasteiger partial charge in [0.2, 0.25) is 5.91 Å². The van der Waals surface area contributed by atoms with Crippen molar-refractivity contribution in [1.29, 1.82) is 0 Å². The zero-order valence-corrected chi connectivity index (χ0v) is 15.6. The second kappa shape index (κ2) is 8.48. The van der Waals surface area contributed by atoms with Gasteiger partial charge in [0.1, 0.15) is 11.9 Å². The topological polar surface area (TPSA) is 104 Å². The second-order valence-corrected chi connectivity index (χ2v) is 8.81. The fraction of sp³-hybridized carbons (Fsp3) is 0.529. The van der Waals surface area contributed by atoms with E-state index in [1.165, 1.54) is 24.3 Å². The van der Waals surface area contributed by atoms with E-state index in [1.54, 1.807) is 0 Å². The van der Waals surface area contributed by atoms with Crippen LogP contribution in [0, 0.1) is 11.7 Å². The summed E-state index contributed by atoms with van der Waals surface area (Å²) < 4.78 is 35.9. The number of urea groups is 1. The molecule has 0 saturated carbocycles. The first-order valence-corrected chi connectivity index (χ1v) is 10.4. The summed E-state index contributed by atoms with van der Waals surface area (Å²) in [7, 11) is -3.10. The predicted molar refractivity (Wildman–Crippen MR) is 97.0 cm³/mol. The highest BCUT2D eigenvalue weighted by Gasteiger charge is 2.31. The molecule has 0 spiro atoms. The standard InChI is InChI=1S/C17H24FN3O4S/c1-3-11(2)15(16(22)19-13-6-4-12(18)5-7-13)21-17(23)20-14-8-9-26(24,25)10-14/h4-7,11,14-15H,3,8-10H2,1-2H3,(H,19,22)(H2,20,21,23). The summed E-state index contributed by atoms with van der Waals surface area (Å²) in [5, 5.41) is 7.89. The van der Waals surface area contributed by atoms with E-state index in [-0.39, 0.29) is 17.4 Å². The second-order valence-electron chi connectivity index (χ2n) is 6.58. The molecular formula is C17H24FN3O4S. The molecule has 1 aliphatic heterocycles. The minimum atomic E-state index is -3.10. The maximum absolute atomic E-state index is 13.0. The molecule has 1 fully saturated rings. The molecule has 3 amide bonds. The van der Waals surface area contributed by atoms with Crippen LogP contribution in [0.1, 0.15) is 26.7 Å². The van der Waals surface area contributed by atoms with Gasteiger partial charge in [-0.25, -0.2) is 17.6 Å². The first-order valence-electron chi connectivity index (χ1n) is 8.54. The molecule has 1 aliphatic rings. The molecule has 7 nitrogen and oxygen atoms in total. The smallest absolute Gasteiger partial charge is 0.315 e. The summed E-state index contributed by atoms with van der Waals surface area (Å²) in [5.74, 6) is -1.01. The van der Waals surface area contributed by atoms with Gasteiger partial charge in [-0.05, 0) is 36.6 Å². The van der Waals surface area contributed by atoms with Crippen LogP contribution < -0.4 is 16.0 Å². The Hall–Kier alpha value is -2.16. The lowest BCUT2D eigenvalue weighted by atomic mass is 9.98. The molecule has 3 atom stereocenters. The van der Waals surface area contributed by atoms with Crippen LogP contribution in [0.2, 0.25) is 0 Å². The van der Waals surface area contributed by atoms with Crippen LogP contribution in [0.15, 0.2) is 24.3 Å². The molecule has 0 aliphatic carbocycles. The Balaban J connectivity index is 1.98.